The second kappa shape index (κ2) is 5.40. The molecule has 1 aromatic carbocycles. The van der Waals surface area contributed by atoms with Crippen LogP contribution in [0.1, 0.15) is 5.56 Å². The quantitative estimate of drug-likeness (QED) is 0.569. The molecular formula is C7H8FIP2. The summed E-state index contributed by atoms with van der Waals surface area (Å²) in [7, 11) is -0.391. The third-order valence-corrected chi connectivity index (χ3v) is 5.77. The molecule has 0 saturated heterocycles. The Morgan fingerprint density at radius 3 is 2.55 bits per heavy atom. The summed E-state index contributed by atoms with van der Waals surface area (Å²) in [6.07, 6.45) is 0.908. The maximum atomic E-state index is 12.1. The second-order valence-corrected chi connectivity index (χ2v) is 11.7. The highest BCUT2D eigenvalue weighted by Gasteiger charge is 2.02. The molecule has 0 radical (unpaired) electrons. The van der Waals surface area contributed by atoms with Gasteiger partial charge in [0.25, 0.3) is 0 Å². The Morgan fingerprint density at radius 2 is 2.00 bits per heavy atom. The first kappa shape index (κ1) is 9.83. The van der Waals surface area contributed by atoms with Crippen LogP contribution in [0.3, 0.4) is 0 Å². The predicted molar refractivity (Wildman–Crippen MR) is 60.5 cm³/mol. The van der Waals surface area contributed by atoms with E-state index in [1.807, 2.05) is 30.3 Å². The Morgan fingerprint density at radius 1 is 1.36 bits per heavy atom. The van der Waals surface area contributed by atoms with Crippen LogP contribution in [-0.4, -0.2) is 0 Å². The molecule has 60 valence electrons. The molecule has 0 aliphatic rings. The van der Waals surface area contributed by atoms with Crippen molar-refractivity contribution in [3.05, 3.63) is 35.9 Å². The van der Waals surface area contributed by atoms with Crippen molar-refractivity contribution >= 4 is 35.9 Å². The molecule has 1 rings (SSSR count). The van der Waals surface area contributed by atoms with Crippen molar-refractivity contribution in [2.24, 2.45) is 0 Å². The van der Waals surface area contributed by atoms with Crippen molar-refractivity contribution in [3.63, 3.8) is 0 Å². The lowest BCUT2D eigenvalue weighted by Gasteiger charge is -2.03. The summed E-state index contributed by atoms with van der Waals surface area (Å²) in [6, 6.07) is 10.1. The number of halogens is 2. The van der Waals surface area contributed by atoms with Crippen LogP contribution in [0.4, 0.5) is 4.20 Å². The van der Waals surface area contributed by atoms with E-state index < -0.39 is 13.8 Å². The van der Waals surface area contributed by atoms with Crippen LogP contribution in [0.5, 0.6) is 0 Å². The van der Waals surface area contributed by atoms with Gasteiger partial charge in [-0.15, -0.1) is 0 Å². The van der Waals surface area contributed by atoms with Gasteiger partial charge in [0, 0.05) is 11.4 Å². The van der Waals surface area contributed by atoms with Crippen molar-refractivity contribution in [1.29, 1.82) is 0 Å². The summed E-state index contributed by atoms with van der Waals surface area (Å²) in [5.41, 5.74) is 1.25. The van der Waals surface area contributed by atoms with E-state index in [4.69, 9.17) is 0 Å². The molecular weight excluding hydrogens is 292 g/mol. The van der Waals surface area contributed by atoms with Gasteiger partial charge in [-0.05, 0) is 27.6 Å². The highest BCUT2D eigenvalue weighted by atomic mass is 127. The van der Waals surface area contributed by atoms with Crippen LogP contribution >= 0.6 is 35.9 Å². The van der Waals surface area contributed by atoms with Gasteiger partial charge in [-0.3, -0.25) is 0 Å². The van der Waals surface area contributed by atoms with Gasteiger partial charge in [0.1, 0.15) is 8.58 Å². The van der Waals surface area contributed by atoms with E-state index in [0.717, 1.165) is 6.16 Å². The largest absolute Gasteiger partial charge is 0.225 e. The van der Waals surface area contributed by atoms with E-state index in [1.165, 1.54) is 5.56 Å². The lowest BCUT2D eigenvalue weighted by Crippen LogP contribution is -1.74. The van der Waals surface area contributed by atoms with Crippen LogP contribution in [-0.2, 0) is 6.16 Å². The van der Waals surface area contributed by atoms with Gasteiger partial charge >= 0.3 is 0 Å². The van der Waals surface area contributed by atoms with E-state index in [1.54, 1.807) is 0 Å². The fraction of sp³-hybridized carbons (Fsp3) is 0.143. The van der Waals surface area contributed by atoms with E-state index in [-0.39, 0.29) is 0 Å². The summed E-state index contributed by atoms with van der Waals surface area (Å²) in [5.74, 6) is 0. The van der Waals surface area contributed by atoms with Gasteiger partial charge in [0.2, 0.25) is 0 Å². The Balaban J connectivity index is 2.51. The third kappa shape index (κ3) is 3.78. The summed E-state index contributed by atoms with van der Waals surface area (Å²) in [6.45, 7) is 0. The summed E-state index contributed by atoms with van der Waals surface area (Å²) < 4.78 is 12.1. The van der Waals surface area contributed by atoms with Gasteiger partial charge in [-0.25, -0.2) is 4.20 Å². The molecule has 0 aliphatic heterocycles. The van der Waals surface area contributed by atoms with Crippen LogP contribution in [0, 0.1) is 0 Å². The van der Waals surface area contributed by atoms with Crippen molar-refractivity contribution in [2.75, 3.05) is 0 Å². The lowest BCUT2D eigenvalue weighted by atomic mass is 10.2. The molecule has 1 aromatic rings. The molecule has 0 amide bonds. The van der Waals surface area contributed by atoms with Crippen LogP contribution in [0.25, 0.3) is 0 Å². The van der Waals surface area contributed by atoms with E-state index in [2.05, 4.69) is 22.0 Å². The van der Waals surface area contributed by atoms with Crippen LogP contribution in [0.15, 0.2) is 30.3 Å². The Labute approximate surface area is 82.0 Å². The molecule has 0 spiro atoms. The number of hydrogen-bond donors (Lipinski definition) is 0. The monoisotopic (exact) mass is 300 g/mol. The zero-order valence-electron chi connectivity index (χ0n) is 5.80. The third-order valence-electron chi connectivity index (χ3n) is 1.26. The standard InChI is InChI=1S/C7H8FIP2/c8-10-11(9)6-7-4-2-1-3-5-7/h1-5,10H,6H2. The highest BCUT2D eigenvalue weighted by molar-refractivity contribution is 14.2. The minimum Gasteiger partial charge on any atom is -0.225 e. The maximum absolute atomic E-state index is 12.1. The molecule has 4 heteroatoms. The fourth-order valence-electron chi connectivity index (χ4n) is 0.774. The first-order chi connectivity index (χ1) is 5.33. The highest BCUT2D eigenvalue weighted by Crippen LogP contribution is 2.65. The van der Waals surface area contributed by atoms with Gasteiger partial charge < -0.3 is 0 Å². The Kier molecular flexibility index (Phi) is 4.82. The number of rotatable bonds is 3. The van der Waals surface area contributed by atoms with Crippen molar-refractivity contribution in [3.8, 4) is 0 Å². The van der Waals surface area contributed by atoms with Crippen molar-refractivity contribution in [2.45, 2.75) is 6.16 Å². The fourth-order valence-corrected chi connectivity index (χ4v) is 3.27. The smallest absolute Gasteiger partial charge is 0.102 e. The summed E-state index contributed by atoms with van der Waals surface area (Å²) >= 11 is 2.21. The molecule has 2 unspecified atom stereocenters. The molecule has 0 fully saturated rings. The molecule has 0 nitrogen and oxygen atoms in total. The second-order valence-electron chi connectivity index (χ2n) is 2.09. The normalized spacial score (nSPS) is 14.0. The summed E-state index contributed by atoms with van der Waals surface area (Å²) in [5, 5.41) is -0.424. The molecule has 11 heavy (non-hydrogen) atoms. The molecule has 0 saturated carbocycles. The first-order valence-electron chi connectivity index (χ1n) is 3.16. The molecule has 0 heterocycles. The van der Waals surface area contributed by atoms with Crippen molar-refractivity contribution < 1.29 is 4.20 Å². The minimum atomic E-state index is -0.424. The van der Waals surface area contributed by atoms with Gasteiger partial charge in [0.05, 0.1) is 0 Å². The SMILES string of the molecule is FPP(I)Cc1ccccc1. The topological polar surface area (TPSA) is 0 Å². The first-order valence-corrected chi connectivity index (χ1v) is 9.19. The number of benzene rings is 1. The summed E-state index contributed by atoms with van der Waals surface area (Å²) in [4.78, 5) is 0. The Bertz CT molecular complexity index is 205. The molecule has 0 aromatic heterocycles. The van der Waals surface area contributed by atoms with Gasteiger partial charge in [-0.2, -0.15) is 0 Å². The lowest BCUT2D eigenvalue weighted by molar-refractivity contribution is 0.935. The molecule has 0 N–H and O–H groups in total. The van der Waals surface area contributed by atoms with E-state index in [0.29, 0.717) is 0 Å². The van der Waals surface area contributed by atoms with Gasteiger partial charge in [0.15, 0.2) is 0 Å². The molecule has 2 atom stereocenters. The van der Waals surface area contributed by atoms with Crippen LogP contribution in [0.2, 0.25) is 0 Å². The molecule has 0 bridgehead atoms. The number of hydrogen-bond acceptors (Lipinski definition) is 0. The maximum Gasteiger partial charge on any atom is 0.102 e. The average molecular weight is 300 g/mol. The van der Waals surface area contributed by atoms with Crippen molar-refractivity contribution in [1.82, 2.24) is 0 Å². The van der Waals surface area contributed by atoms with Crippen LogP contribution < -0.4 is 0 Å². The van der Waals surface area contributed by atoms with E-state index in [9.17, 15) is 4.20 Å². The Hall–Kier alpha value is 0.740. The van der Waals surface area contributed by atoms with Gasteiger partial charge in [-0.1, -0.05) is 30.3 Å². The zero-order chi connectivity index (χ0) is 8.10. The predicted octanol–water partition coefficient (Wildman–Crippen LogP) is 4.50. The molecule has 0 aliphatic carbocycles. The average Bonchev–Trinajstić information content (AvgIpc) is 2.06. The zero-order valence-corrected chi connectivity index (χ0v) is 9.85. The van der Waals surface area contributed by atoms with E-state index >= 15 is 0 Å². The minimum absolute atomic E-state index is 0.391.